The molecule has 0 fully saturated rings. The number of carbonyl (C=O) groups is 1. The SMILES string of the molecule is CNCc1cccc(-c2cc3n(n2)Cc2ccc(NC(C)=O)cc2OC3)c1. The Balaban J connectivity index is 1.61. The number of benzene rings is 2. The number of carbonyl (C=O) groups excluding carboxylic acids is 1. The van der Waals surface area contributed by atoms with Crippen LogP contribution in [0.2, 0.25) is 0 Å². The van der Waals surface area contributed by atoms with Gasteiger partial charge in [-0.1, -0.05) is 24.3 Å². The molecule has 3 aromatic rings. The Kier molecular flexibility index (Phi) is 4.64. The first kappa shape index (κ1) is 17.3. The van der Waals surface area contributed by atoms with Crippen LogP contribution in [0.4, 0.5) is 5.69 Å². The van der Waals surface area contributed by atoms with Gasteiger partial charge in [0.25, 0.3) is 0 Å². The van der Waals surface area contributed by atoms with E-state index in [9.17, 15) is 4.79 Å². The number of fused-ring (bicyclic) bond motifs is 2. The first-order chi connectivity index (χ1) is 13.1. The summed E-state index contributed by atoms with van der Waals surface area (Å²) in [6, 6.07) is 16.2. The van der Waals surface area contributed by atoms with E-state index < -0.39 is 0 Å². The van der Waals surface area contributed by atoms with Crippen molar-refractivity contribution >= 4 is 11.6 Å². The maximum atomic E-state index is 11.3. The number of hydrogen-bond donors (Lipinski definition) is 2. The highest BCUT2D eigenvalue weighted by Crippen LogP contribution is 2.30. The fourth-order valence-corrected chi connectivity index (χ4v) is 3.31. The van der Waals surface area contributed by atoms with E-state index in [-0.39, 0.29) is 5.91 Å². The molecule has 0 radical (unpaired) electrons. The van der Waals surface area contributed by atoms with E-state index >= 15 is 0 Å². The van der Waals surface area contributed by atoms with Gasteiger partial charge in [-0.2, -0.15) is 5.10 Å². The van der Waals surface area contributed by atoms with Crippen molar-refractivity contribution < 1.29 is 9.53 Å². The summed E-state index contributed by atoms with van der Waals surface area (Å²) in [4.78, 5) is 11.3. The minimum atomic E-state index is -0.0957. The largest absolute Gasteiger partial charge is 0.487 e. The second kappa shape index (κ2) is 7.25. The van der Waals surface area contributed by atoms with Crippen LogP contribution < -0.4 is 15.4 Å². The molecule has 0 saturated heterocycles. The van der Waals surface area contributed by atoms with Crippen LogP contribution in [-0.2, 0) is 24.5 Å². The summed E-state index contributed by atoms with van der Waals surface area (Å²) in [5, 5.41) is 10.8. The molecule has 1 amide bonds. The van der Waals surface area contributed by atoms with E-state index in [0.717, 1.165) is 40.5 Å². The lowest BCUT2D eigenvalue weighted by molar-refractivity contribution is -0.114. The zero-order valence-electron chi connectivity index (χ0n) is 15.5. The van der Waals surface area contributed by atoms with Gasteiger partial charge in [-0.15, -0.1) is 0 Å². The highest BCUT2D eigenvalue weighted by molar-refractivity contribution is 5.88. The molecule has 2 heterocycles. The van der Waals surface area contributed by atoms with Crippen molar-refractivity contribution in [2.45, 2.75) is 26.6 Å². The average Bonchev–Trinajstić information content (AvgIpc) is 2.97. The van der Waals surface area contributed by atoms with Gasteiger partial charge in [-0.25, -0.2) is 0 Å². The zero-order chi connectivity index (χ0) is 18.8. The van der Waals surface area contributed by atoms with Crippen molar-refractivity contribution in [2.24, 2.45) is 0 Å². The minimum absolute atomic E-state index is 0.0957. The van der Waals surface area contributed by atoms with Crippen LogP contribution in [0, 0.1) is 0 Å². The third-order valence-electron chi connectivity index (χ3n) is 4.55. The molecular formula is C21H22N4O2. The lowest BCUT2D eigenvalue weighted by Gasteiger charge is -2.09. The first-order valence-corrected chi connectivity index (χ1v) is 8.96. The molecule has 0 aliphatic carbocycles. The third kappa shape index (κ3) is 3.71. The Labute approximate surface area is 158 Å². The van der Waals surface area contributed by atoms with Crippen LogP contribution in [0.15, 0.2) is 48.5 Å². The van der Waals surface area contributed by atoms with Crippen LogP contribution in [-0.4, -0.2) is 22.7 Å². The van der Waals surface area contributed by atoms with E-state index in [1.54, 1.807) is 0 Å². The zero-order valence-corrected chi connectivity index (χ0v) is 15.5. The van der Waals surface area contributed by atoms with Gasteiger partial charge in [0.1, 0.15) is 12.4 Å². The number of rotatable bonds is 4. The molecule has 0 saturated carbocycles. The average molecular weight is 362 g/mol. The van der Waals surface area contributed by atoms with Gasteiger partial charge in [0.05, 0.1) is 17.9 Å². The van der Waals surface area contributed by atoms with Gasteiger partial charge in [-0.05, 0) is 30.8 Å². The van der Waals surface area contributed by atoms with Gasteiger partial charge in [0.2, 0.25) is 5.91 Å². The number of ether oxygens (including phenoxy) is 1. The number of anilines is 1. The molecule has 0 spiro atoms. The summed E-state index contributed by atoms with van der Waals surface area (Å²) in [7, 11) is 1.94. The summed E-state index contributed by atoms with van der Waals surface area (Å²) in [5.74, 6) is 0.686. The van der Waals surface area contributed by atoms with E-state index in [2.05, 4.69) is 41.0 Å². The number of hydrogen-bond acceptors (Lipinski definition) is 4. The maximum Gasteiger partial charge on any atom is 0.221 e. The van der Waals surface area contributed by atoms with Gasteiger partial charge < -0.3 is 15.4 Å². The van der Waals surface area contributed by atoms with Crippen molar-refractivity contribution in [3.8, 4) is 17.0 Å². The topological polar surface area (TPSA) is 68.2 Å². The minimum Gasteiger partial charge on any atom is -0.487 e. The molecule has 2 aromatic carbocycles. The Morgan fingerprint density at radius 2 is 2.11 bits per heavy atom. The highest BCUT2D eigenvalue weighted by Gasteiger charge is 2.17. The molecule has 138 valence electrons. The van der Waals surface area contributed by atoms with Crippen LogP contribution in [0.25, 0.3) is 11.3 Å². The fourth-order valence-electron chi connectivity index (χ4n) is 3.31. The van der Waals surface area contributed by atoms with Crippen molar-refractivity contribution in [2.75, 3.05) is 12.4 Å². The Hall–Kier alpha value is -3.12. The third-order valence-corrected chi connectivity index (χ3v) is 4.55. The van der Waals surface area contributed by atoms with Crippen LogP contribution in [0.5, 0.6) is 5.75 Å². The molecule has 1 aliphatic rings. The second-order valence-corrected chi connectivity index (χ2v) is 6.70. The van der Waals surface area contributed by atoms with Gasteiger partial charge in [0.15, 0.2) is 0 Å². The lowest BCUT2D eigenvalue weighted by atomic mass is 10.1. The molecule has 2 N–H and O–H groups in total. The highest BCUT2D eigenvalue weighted by atomic mass is 16.5. The summed E-state index contributed by atoms with van der Waals surface area (Å²) < 4.78 is 7.98. The molecule has 4 rings (SSSR count). The Bertz CT molecular complexity index is 994. The summed E-state index contributed by atoms with van der Waals surface area (Å²) in [5.41, 5.74) is 6.09. The normalized spacial score (nSPS) is 12.5. The van der Waals surface area contributed by atoms with Gasteiger partial charge in [-0.3, -0.25) is 9.48 Å². The van der Waals surface area contributed by atoms with Crippen molar-refractivity contribution in [1.29, 1.82) is 0 Å². The monoisotopic (exact) mass is 362 g/mol. The Morgan fingerprint density at radius 3 is 2.93 bits per heavy atom. The van der Waals surface area contributed by atoms with E-state index in [4.69, 9.17) is 9.84 Å². The summed E-state index contributed by atoms with van der Waals surface area (Å²) in [6.07, 6.45) is 0. The van der Waals surface area contributed by atoms with E-state index in [0.29, 0.717) is 13.2 Å². The fraction of sp³-hybridized carbons (Fsp3) is 0.238. The first-order valence-electron chi connectivity index (χ1n) is 8.96. The lowest BCUT2D eigenvalue weighted by Crippen LogP contribution is -2.06. The molecule has 6 heteroatoms. The van der Waals surface area contributed by atoms with Gasteiger partial charge in [0, 0.05) is 36.3 Å². The maximum absolute atomic E-state index is 11.3. The predicted molar refractivity (Wildman–Crippen MR) is 105 cm³/mol. The number of amides is 1. The number of aromatic nitrogens is 2. The van der Waals surface area contributed by atoms with Crippen molar-refractivity contribution in [3.63, 3.8) is 0 Å². The van der Waals surface area contributed by atoms with E-state index in [1.165, 1.54) is 12.5 Å². The van der Waals surface area contributed by atoms with Crippen LogP contribution in [0.3, 0.4) is 0 Å². The smallest absolute Gasteiger partial charge is 0.221 e. The Morgan fingerprint density at radius 1 is 1.22 bits per heavy atom. The number of nitrogens with zero attached hydrogens (tertiary/aromatic N) is 2. The molecule has 0 unspecified atom stereocenters. The standard InChI is InChI=1S/C21H22N4O2/c1-14(26)23-18-7-6-17-12-25-19(13-27-21(17)9-18)10-20(24-25)16-5-3-4-15(8-16)11-22-2/h3-10,22H,11-13H2,1-2H3,(H,23,26). The van der Waals surface area contributed by atoms with E-state index in [1.807, 2.05) is 29.9 Å². The quantitative estimate of drug-likeness (QED) is 0.748. The van der Waals surface area contributed by atoms with Crippen LogP contribution in [0.1, 0.15) is 23.7 Å². The molecule has 0 bridgehead atoms. The van der Waals surface area contributed by atoms with Gasteiger partial charge >= 0.3 is 0 Å². The summed E-state index contributed by atoms with van der Waals surface area (Å²) >= 11 is 0. The van der Waals surface area contributed by atoms with Crippen molar-refractivity contribution in [1.82, 2.24) is 15.1 Å². The molecule has 27 heavy (non-hydrogen) atoms. The molecule has 1 aromatic heterocycles. The molecular weight excluding hydrogens is 340 g/mol. The summed E-state index contributed by atoms with van der Waals surface area (Å²) in [6.45, 7) is 3.41. The second-order valence-electron chi connectivity index (χ2n) is 6.70. The molecule has 6 nitrogen and oxygen atoms in total. The molecule has 1 aliphatic heterocycles. The predicted octanol–water partition coefficient (Wildman–Crippen LogP) is 3.17. The number of nitrogens with one attached hydrogen (secondary N) is 2. The molecule has 0 atom stereocenters. The van der Waals surface area contributed by atoms with Crippen LogP contribution >= 0.6 is 0 Å². The van der Waals surface area contributed by atoms with Crippen molar-refractivity contribution in [3.05, 3.63) is 65.4 Å².